The van der Waals surface area contributed by atoms with E-state index in [1.165, 1.54) is 24.2 Å². The van der Waals surface area contributed by atoms with Gasteiger partial charge in [-0.2, -0.15) is 5.10 Å². The van der Waals surface area contributed by atoms with Crippen LogP contribution in [0.4, 0.5) is 10.5 Å². The topological polar surface area (TPSA) is 80.0 Å². The number of nitrogens with zero attached hydrogens (tertiary/aromatic N) is 5. The van der Waals surface area contributed by atoms with E-state index in [9.17, 15) is 9.59 Å². The Morgan fingerprint density at radius 3 is 2.67 bits per heavy atom. The van der Waals surface area contributed by atoms with E-state index in [1.807, 2.05) is 13.8 Å². The summed E-state index contributed by atoms with van der Waals surface area (Å²) in [5.74, 6) is 0.487. The average Bonchev–Trinajstić information content (AvgIpc) is 3.31. The maximum Gasteiger partial charge on any atom is 0.331 e. The van der Waals surface area contributed by atoms with Gasteiger partial charge in [-0.3, -0.25) is 9.48 Å². The van der Waals surface area contributed by atoms with Crippen LogP contribution in [-0.2, 0) is 16.2 Å². The van der Waals surface area contributed by atoms with Crippen molar-refractivity contribution in [2.45, 2.75) is 58.6 Å². The fraction of sp³-hybridized carbons (Fsp3) is 0.684. The molecule has 3 heterocycles. The summed E-state index contributed by atoms with van der Waals surface area (Å²) >= 11 is 0. The van der Waals surface area contributed by atoms with Gasteiger partial charge in [0.25, 0.3) is 5.91 Å². The monoisotopic (exact) mass is 373 g/mol. The molecular formula is C19H27N5O3. The summed E-state index contributed by atoms with van der Waals surface area (Å²) in [5, 5.41) is 8.36. The van der Waals surface area contributed by atoms with Crippen LogP contribution in [0.2, 0.25) is 0 Å². The molecule has 0 N–H and O–H groups in total. The normalized spacial score (nSPS) is 26.7. The molecule has 0 radical (unpaired) electrons. The van der Waals surface area contributed by atoms with Gasteiger partial charge < -0.3 is 9.74 Å². The standard InChI is InChI=1S/C19H27N5O3/c1-13-17(14(2)27-21-13)11-23-10-16(8-20-23)24-18(25)12-22(19(24)26)9-15-6-4-3-5-7-15/h8,10,14-15,17H,3-7,9,11-12H2,1-2H3. The van der Waals surface area contributed by atoms with E-state index < -0.39 is 0 Å². The molecule has 3 aliphatic rings. The second-order valence-corrected chi connectivity index (χ2v) is 7.97. The first kappa shape index (κ1) is 18.0. The van der Waals surface area contributed by atoms with Crippen LogP contribution >= 0.6 is 0 Å². The van der Waals surface area contributed by atoms with Crippen molar-refractivity contribution in [3.8, 4) is 0 Å². The number of oxime groups is 1. The van der Waals surface area contributed by atoms with Crippen LogP contribution in [0.3, 0.4) is 0 Å². The van der Waals surface area contributed by atoms with Crippen LogP contribution in [0.5, 0.6) is 0 Å². The van der Waals surface area contributed by atoms with Gasteiger partial charge in [0.1, 0.15) is 12.6 Å². The minimum atomic E-state index is -0.222. The minimum absolute atomic E-state index is 0.00122. The number of anilines is 1. The summed E-state index contributed by atoms with van der Waals surface area (Å²) in [4.78, 5) is 33.5. The Bertz CT molecular complexity index is 752. The first-order chi connectivity index (χ1) is 13.0. The average molecular weight is 373 g/mol. The molecule has 146 valence electrons. The molecule has 8 heteroatoms. The predicted octanol–water partition coefficient (Wildman–Crippen LogP) is 2.64. The molecule has 2 aliphatic heterocycles. The molecule has 1 saturated carbocycles. The molecule has 1 aromatic heterocycles. The third kappa shape index (κ3) is 3.57. The van der Waals surface area contributed by atoms with Gasteiger partial charge >= 0.3 is 6.03 Å². The van der Waals surface area contributed by atoms with Crippen molar-refractivity contribution in [3.05, 3.63) is 12.4 Å². The first-order valence-electron chi connectivity index (χ1n) is 9.87. The highest BCUT2D eigenvalue weighted by molar-refractivity contribution is 6.19. The summed E-state index contributed by atoms with van der Waals surface area (Å²) in [6.45, 7) is 5.38. The fourth-order valence-electron chi connectivity index (χ4n) is 4.33. The summed E-state index contributed by atoms with van der Waals surface area (Å²) in [7, 11) is 0. The third-order valence-corrected chi connectivity index (χ3v) is 5.97. The van der Waals surface area contributed by atoms with E-state index in [2.05, 4.69) is 10.3 Å². The van der Waals surface area contributed by atoms with Gasteiger partial charge in [0.15, 0.2) is 0 Å². The zero-order valence-corrected chi connectivity index (χ0v) is 16.0. The largest absolute Gasteiger partial charge is 0.392 e. The van der Waals surface area contributed by atoms with E-state index in [0.717, 1.165) is 18.6 Å². The zero-order valence-electron chi connectivity index (χ0n) is 16.0. The highest BCUT2D eigenvalue weighted by atomic mass is 16.6. The highest BCUT2D eigenvalue weighted by Crippen LogP contribution is 2.28. The summed E-state index contributed by atoms with van der Waals surface area (Å²) in [5.41, 5.74) is 1.48. The van der Waals surface area contributed by atoms with Gasteiger partial charge in [0.05, 0.1) is 30.1 Å². The number of carbonyl (C=O) groups excluding carboxylic acids is 2. The van der Waals surface area contributed by atoms with Crippen molar-refractivity contribution >= 4 is 23.3 Å². The van der Waals surface area contributed by atoms with Crippen LogP contribution in [-0.4, -0.2) is 51.5 Å². The van der Waals surface area contributed by atoms with Gasteiger partial charge in [0.2, 0.25) is 0 Å². The number of hydrogen-bond donors (Lipinski definition) is 0. The van der Waals surface area contributed by atoms with Crippen molar-refractivity contribution in [1.29, 1.82) is 0 Å². The van der Waals surface area contributed by atoms with Crippen LogP contribution in [0, 0.1) is 11.8 Å². The molecule has 1 saturated heterocycles. The Hall–Kier alpha value is -2.38. The van der Waals surface area contributed by atoms with E-state index in [1.54, 1.807) is 22.0 Å². The second-order valence-electron chi connectivity index (χ2n) is 7.97. The molecule has 2 unspecified atom stereocenters. The maximum atomic E-state index is 12.8. The molecule has 8 nitrogen and oxygen atoms in total. The molecule has 1 aromatic rings. The number of amides is 3. The molecule has 2 atom stereocenters. The Morgan fingerprint density at radius 1 is 1.19 bits per heavy atom. The molecule has 2 fully saturated rings. The number of imide groups is 1. The van der Waals surface area contributed by atoms with Gasteiger partial charge in [0, 0.05) is 12.7 Å². The fourth-order valence-corrected chi connectivity index (χ4v) is 4.33. The van der Waals surface area contributed by atoms with Crippen LogP contribution in [0.15, 0.2) is 17.5 Å². The Balaban J connectivity index is 1.42. The van der Waals surface area contributed by atoms with E-state index in [0.29, 0.717) is 24.7 Å². The summed E-state index contributed by atoms with van der Waals surface area (Å²) in [6, 6.07) is -0.222. The zero-order chi connectivity index (χ0) is 19.0. The molecule has 0 bridgehead atoms. The SMILES string of the molecule is CC1=NOC(C)C1Cn1cc(N2C(=O)CN(CC3CCCCC3)C2=O)cn1. The van der Waals surface area contributed by atoms with Crippen molar-refractivity contribution in [2.75, 3.05) is 18.0 Å². The molecule has 0 aromatic carbocycles. The lowest BCUT2D eigenvalue weighted by Crippen LogP contribution is -2.35. The van der Waals surface area contributed by atoms with Gasteiger partial charge in [-0.1, -0.05) is 24.4 Å². The van der Waals surface area contributed by atoms with Gasteiger partial charge in [-0.25, -0.2) is 9.69 Å². The van der Waals surface area contributed by atoms with Crippen LogP contribution < -0.4 is 4.90 Å². The summed E-state index contributed by atoms with van der Waals surface area (Å²) in [6.07, 6.45) is 9.39. The Labute approximate surface area is 159 Å². The maximum absolute atomic E-state index is 12.8. The van der Waals surface area contributed by atoms with Gasteiger partial charge in [-0.15, -0.1) is 0 Å². The smallest absolute Gasteiger partial charge is 0.331 e. The van der Waals surface area contributed by atoms with Gasteiger partial charge in [-0.05, 0) is 32.6 Å². The number of urea groups is 1. The lowest BCUT2D eigenvalue weighted by Gasteiger charge is -2.26. The quantitative estimate of drug-likeness (QED) is 0.743. The van der Waals surface area contributed by atoms with Crippen molar-refractivity contribution < 1.29 is 14.4 Å². The Kier molecular flexibility index (Phi) is 4.88. The second kappa shape index (κ2) is 7.32. The third-order valence-electron chi connectivity index (χ3n) is 5.97. The van der Waals surface area contributed by atoms with Crippen LogP contribution in [0.25, 0.3) is 0 Å². The van der Waals surface area contributed by atoms with E-state index >= 15 is 0 Å². The predicted molar refractivity (Wildman–Crippen MR) is 100 cm³/mol. The van der Waals surface area contributed by atoms with E-state index in [4.69, 9.17) is 4.84 Å². The molecule has 27 heavy (non-hydrogen) atoms. The summed E-state index contributed by atoms with van der Waals surface area (Å²) < 4.78 is 1.76. The lowest BCUT2D eigenvalue weighted by atomic mass is 9.89. The van der Waals surface area contributed by atoms with Crippen molar-refractivity contribution in [3.63, 3.8) is 0 Å². The molecule has 4 rings (SSSR count). The number of aromatic nitrogens is 2. The molecule has 3 amide bonds. The van der Waals surface area contributed by atoms with Crippen molar-refractivity contribution in [1.82, 2.24) is 14.7 Å². The minimum Gasteiger partial charge on any atom is -0.392 e. The molecular weight excluding hydrogens is 346 g/mol. The molecule has 0 spiro atoms. The Morgan fingerprint density at radius 2 is 1.96 bits per heavy atom. The number of rotatable bonds is 5. The number of hydrogen-bond acceptors (Lipinski definition) is 5. The first-order valence-corrected chi connectivity index (χ1v) is 9.87. The van der Waals surface area contributed by atoms with Crippen LogP contribution in [0.1, 0.15) is 46.0 Å². The highest BCUT2D eigenvalue weighted by Gasteiger charge is 2.39. The number of carbonyl (C=O) groups is 2. The van der Waals surface area contributed by atoms with Crippen molar-refractivity contribution in [2.24, 2.45) is 17.0 Å². The van der Waals surface area contributed by atoms with E-state index in [-0.39, 0.29) is 30.5 Å². The molecule has 1 aliphatic carbocycles. The lowest BCUT2D eigenvalue weighted by molar-refractivity contribution is -0.116.